The van der Waals surface area contributed by atoms with Gasteiger partial charge >= 0.3 is 0 Å². The van der Waals surface area contributed by atoms with Gasteiger partial charge in [-0.05, 0) is 37.3 Å². The Kier molecular flexibility index (Phi) is 4.84. The Hall–Kier alpha value is -1.26. The zero-order chi connectivity index (χ0) is 12.8. The average molecular weight is 249 g/mol. The normalized spacial score (nSPS) is 21.6. The number of aromatic nitrogens is 1. The second kappa shape index (κ2) is 6.61. The summed E-state index contributed by atoms with van der Waals surface area (Å²) in [4.78, 5) is 3.89. The van der Waals surface area contributed by atoms with E-state index in [0.29, 0.717) is 0 Å². The third-order valence-corrected chi connectivity index (χ3v) is 3.42. The second-order valence-corrected chi connectivity index (χ2v) is 4.77. The fourth-order valence-electron chi connectivity index (χ4n) is 2.48. The van der Waals surface area contributed by atoms with E-state index in [4.69, 9.17) is 5.84 Å². The highest BCUT2D eigenvalue weighted by Gasteiger charge is 2.16. The molecule has 0 aliphatic heterocycles. The van der Waals surface area contributed by atoms with Gasteiger partial charge in [0.25, 0.3) is 0 Å². The van der Waals surface area contributed by atoms with E-state index in [1.165, 1.54) is 43.5 Å². The minimum Gasteiger partial charge on any atom is -0.271 e. The summed E-state index contributed by atoms with van der Waals surface area (Å²) < 4.78 is 13.2. The Morgan fingerprint density at radius 2 is 2.06 bits per heavy atom. The standard InChI is InChI=1S/C14H20FN3/c15-13-8-12(9-17-10-13)14(18-16)11-6-4-2-1-3-5-7-11/h6,8-10,14,18H,1-5,7,16H2/b11-6+. The van der Waals surface area contributed by atoms with Gasteiger partial charge in [0.1, 0.15) is 5.82 Å². The molecule has 0 spiro atoms. The maximum atomic E-state index is 13.2. The Morgan fingerprint density at radius 1 is 1.22 bits per heavy atom. The minimum absolute atomic E-state index is 0.119. The zero-order valence-corrected chi connectivity index (χ0v) is 10.5. The van der Waals surface area contributed by atoms with Crippen molar-refractivity contribution in [1.82, 2.24) is 10.4 Å². The lowest BCUT2D eigenvalue weighted by molar-refractivity contribution is 0.548. The van der Waals surface area contributed by atoms with E-state index >= 15 is 0 Å². The van der Waals surface area contributed by atoms with E-state index in [1.54, 1.807) is 6.20 Å². The fraction of sp³-hybridized carbons (Fsp3) is 0.500. The van der Waals surface area contributed by atoms with E-state index in [1.807, 2.05) is 0 Å². The van der Waals surface area contributed by atoms with Gasteiger partial charge in [0, 0.05) is 6.20 Å². The van der Waals surface area contributed by atoms with Crippen molar-refractivity contribution in [3.63, 3.8) is 0 Å². The van der Waals surface area contributed by atoms with Crippen LogP contribution in [0.5, 0.6) is 0 Å². The molecule has 0 fully saturated rings. The van der Waals surface area contributed by atoms with Gasteiger partial charge in [-0.25, -0.2) is 9.82 Å². The molecular formula is C14H20FN3. The van der Waals surface area contributed by atoms with E-state index in [0.717, 1.165) is 18.4 Å². The van der Waals surface area contributed by atoms with Crippen LogP contribution in [0, 0.1) is 5.82 Å². The maximum absolute atomic E-state index is 13.2. The number of allylic oxidation sites excluding steroid dienone is 1. The summed E-state index contributed by atoms with van der Waals surface area (Å²) >= 11 is 0. The quantitative estimate of drug-likeness (QED) is 0.492. The first-order valence-electron chi connectivity index (χ1n) is 6.57. The van der Waals surface area contributed by atoms with Crippen LogP contribution in [-0.4, -0.2) is 4.98 Å². The van der Waals surface area contributed by atoms with Crippen molar-refractivity contribution >= 4 is 0 Å². The van der Waals surface area contributed by atoms with Crippen LogP contribution in [0.25, 0.3) is 0 Å². The number of hydrogen-bond donors (Lipinski definition) is 2. The molecular weight excluding hydrogens is 229 g/mol. The third kappa shape index (κ3) is 3.37. The number of halogens is 1. The minimum atomic E-state index is -0.320. The molecule has 1 unspecified atom stereocenters. The molecule has 0 radical (unpaired) electrons. The maximum Gasteiger partial charge on any atom is 0.141 e. The molecule has 0 saturated carbocycles. The summed E-state index contributed by atoms with van der Waals surface area (Å²) in [7, 11) is 0. The van der Waals surface area contributed by atoms with Gasteiger partial charge in [-0.3, -0.25) is 10.8 Å². The van der Waals surface area contributed by atoms with Gasteiger partial charge in [-0.2, -0.15) is 0 Å². The lowest BCUT2D eigenvalue weighted by Gasteiger charge is -2.21. The monoisotopic (exact) mass is 249 g/mol. The number of nitrogens with two attached hydrogens (primary N) is 1. The highest BCUT2D eigenvalue weighted by Crippen LogP contribution is 2.28. The summed E-state index contributed by atoms with van der Waals surface area (Å²) in [5.74, 6) is 5.31. The molecule has 1 heterocycles. The zero-order valence-electron chi connectivity index (χ0n) is 10.5. The number of hydrazine groups is 1. The Morgan fingerprint density at radius 3 is 2.83 bits per heavy atom. The molecule has 1 aromatic heterocycles. The predicted molar refractivity (Wildman–Crippen MR) is 70.0 cm³/mol. The topological polar surface area (TPSA) is 50.9 Å². The van der Waals surface area contributed by atoms with Gasteiger partial charge in [0.05, 0.1) is 12.2 Å². The smallest absolute Gasteiger partial charge is 0.141 e. The van der Waals surface area contributed by atoms with E-state index in [9.17, 15) is 4.39 Å². The predicted octanol–water partition coefficient (Wildman–Crippen LogP) is 3.01. The average Bonchev–Trinajstić information content (AvgIpc) is 2.32. The molecule has 18 heavy (non-hydrogen) atoms. The van der Waals surface area contributed by atoms with Crippen LogP contribution in [-0.2, 0) is 0 Å². The fourth-order valence-corrected chi connectivity index (χ4v) is 2.48. The number of pyridine rings is 1. The molecule has 2 rings (SSSR count). The molecule has 1 aliphatic rings. The van der Waals surface area contributed by atoms with Crippen molar-refractivity contribution in [3.05, 3.63) is 41.5 Å². The summed E-state index contributed by atoms with van der Waals surface area (Å²) in [5.41, 5.74) is 4.84. The Bertz CT molecular complexity index is 417. The number of nitrogens with zero attached hydrogens (tertiary/aromatic N) is 1. The largest absolute Gasteiger partial charge is 0.271 e. The summed E-state index contributed by atoms with van der Waals surface area (Å²) in [6, 6.07) is 1.38. The molecule has 98 valence electrons. The van der Waals surface area contributed by atoms with Crippen LogP contribution < -0.4 is 11.3 Å². The lowest BCUT2D eigenvalue weighted by Crippen LogP contribution is -2.30. The number of nitrogens with one attached hydrogen (secondary N) is 1. The first-order chi connectivity index (χ1) is 8.81. The highest BCUT2D eigenvalue weighted by atomic mass is 19.1. The molecule has 0 aromatic carbocycles. The Balaban J connectivity index is 2.21. The lowest BCUT2D eigenvalue weighted by atomic mass is 9.92. The van der Waals surface area contributed by atoms with Crippen LogP contribution in [0.3, 0.4) is 0 Å². The molecule has 1 aromatic rings. The molecule has 0 bridgehead atoms. The van der Waals surface area contributed by atoms with Crippen LogP contribution in [0.15, 0.2) is 30.1 Å². The van der Waals surface area contributed by atoms with Crippen LogP contribution in [0.4, 0.5) is 4.39 Å². The van der Waals surface area contributed by atoms with Crippen LogP contribution >= 0.6 is 0 Å². The van der Waals surface area contributed by atoms with Crippen molar-refractivity contribution in [2.24, 2.45) is 5.84 Å². The van der Waals surface area contributed by atoms with E-state index in [2.05, 4.69) is 16.5 Å². The van der Waals surface area contributed by atoms with Gasteiger partial charge in [0.15, 0.2) is 0 Å². The van der Waals surface area contributed by atoms with Gasteiger partial charge in [0.2, 0.25) is 0 Å². The van der Waals surface area contributed by atoms with Gasteiger partial charge in [-0.15, -0.1) is 0 Å². The molecule has 3 N–H and O–H groups in total. The summed E-state index contributed by atoms with van der Waals surface area (Å²) in [5, 5.41) is 0. The van der Waals surface area contributed by atoms with Crippen LogP contribution in [0.2, 0.25) is 0 Å². The first-order valence-corrected chi connectivity index (χ1v) is 6.57. The molecule has 1 atom stereocenters. The van der Waals surface area contributed by atoms with Crippen molar-refractivity contribution < 1.29 is 4.39 Å². The van der Waals surface area contributed by atoms with Gasteiger partial charge < -0.3 is 0 Å². The van der Waals surface area contributed by atoms with Crippen molar-refractivity contribution in [1.29, 1.82) is 0 Å². The summed E-state index contributed by atoms with van der Waals surface area (Å²) in [6.45, 7) is 0. The molecule has 0 amide bonds. The van der Waals surface area contributed by atoms with Crippen LogP contribution in [0.1, 0.15) is 50.1 Å². The third-order valence-electron chi connectivity index (χ3n) is 3.42. The highest BCUT2D eigenvalue weighted by molar-refractivity contribution is 5.26. The van der Waals surface area contributed by atoms with Crippen molar-refractivity contribution in [2.75, 3.05) is 0 Å². The molecule has 1 aliphatic carbocycles. The van der Waals surface area contributed by atoms with E-state index in [-0.39, 0.29) is 11.9 Å². The van der Waals surface area contributed by atoms with Crippen molar-refractivity contribution in [3.8, 4) is 0 Å². The number of hydrogen-bond acceptors (Lipinski definition) is 3. The van der Waals surface area contributed by atoms with E-state index < -0.39 is 0 Å². The SMILES string of the molecule is NNC(/C1=C/CCCCCC1)c1cncc(F)c1. The molecule has 0 saturated heterocycles. The summed E-state index contributed by atoms with van der Waals surface area (Å²) in [6.07, 6.45) is 12.2. The van der Waals surface area contributed by atoms with Crippen molar-refractivity contribution in [2.45, 2.75) is 44.6 Å². The first kappa shape index (κ1) is 13.2. The molecule has 4 heteroatoms. The number of rotatable bonds is 3. The van der Waals surface area contributed by atoms with Gasteiger partial charge in [-0.1, -0.05) is 24.5 Å². The Labute approximate surface area is 107 Å². The molecule has 3 nitrogen and oxygen atoms in total. The second-order valence-electron chi connectivity index (χ2n) is 4.77.